The minimum atomic E-state index is 0.296. The molecule has 88 valence electrons. The zero-order valence-electron chi connectivity index (χ0n) is 9.41. The van der Waals surface area contributed by atoms with Gasteiger partial charge >= 0.3 is 0 Å². The Morgan fingerprint density at radius 3 is 2.47 bits per heavy atom. The third-order valence-electron chi connectivity index (χ3n) is 3.82. The van der Waals surface area contributed by atoms with Crippen LogP contribution in [0.2, 0.25) is 0 Å². The van der Waals surface area contributed by atoms with E-state index >= 15 is 0 Å². The van der Waals surface area contributed by atoms with Crippen molar-refractivity contribution in [1.29, 1.82) is 0 Å². The fraction of sp³-hybridized carbons (Fsp3) is 1.00. The van der Waals surface area contributed by atoms with Crippen molar-refractivity contribution in [3.8, 4) is 0 Å². The fourth-order valence-corrected chi connectivity index (χ4v) is 2.91. The van der Waals surface area contributed by atoms with E-state index in [4.69, 9.17) is 9.47 Å². The van der Waals surface area contributed by atoms with E-state index in [1.807, 2.05) is 0 Å². The van der Waals surface area contributed by atoms with E-state index in [-0.39, 0.29) is 0 Å². The lowest BCUT2D eigenvalue weighted by Crippen LogP contribution is -2.36. The second-order valence-electron chi connectivity index (χ2n) is 4.99. The van der Waals surface area contributed by atoms with Crippen molar-refractivity contribution in [3.63, 3.8) is 0 Å². The van der Waals surface area contributed by atoms with Gasteiger partial charge in [0.1, 0.15) is 0 Å². The summed E-state index contributed by atoms with van der Waals surface area (Å²) >= 11 is 4.49. The van der Waals surface area contributed by atoms with Crippen molar-refractivity contribution in [1.82, 2.24) is 0 Å². The third-order valence-corrected chi connectivity index (χ3v) is 4.49. The molecule has 1 saturated carbocycles. The van der Waals surface area contributed by atoms with Crippen LogP contribution in [0.1, 0.15) is 38.5 Å². The molecule has 3 heteroatoms. The van der Waals surface area contributed by atoms with E-state index < -0.39 is 0 Å². The van der Waals surface area contributed by atoms with Crippen LogP contribution in [-0.2, 0) is 9.47 Å². The summed E-state index contributed by atoms with van der Waals surface area (Å²) in [6.45, 7) is 2.66. The first-order valence-corrected chi connectivity index (χ1v) is 6.78. The van der Waals surface area contributed by atoms with Gasteiger partial charge < -0.3 is 9.47 Å². The summed E-state index contributed by atoms with van der Waals surface area (Å²) in [6.07, 6.45) is 7.98. The Labute approximate surface area is 98.1 Å². The summed E-state index contributed by atoms with van der Waals surface area (Å²) in [5.74, 6) is 0.934. The molecule has 0 aromatic rings. The maximum atomic E-state index is 6.03. The Kier molecular flexibility index (Phi) is 4.35. The molecule has 2 rings (SSSR count). The van der Waals surface area contributed by atoms with Crippen LogP contribution in [0.15, 0.2) is 0 Å². The van der Waals surface area contributed by atoms with Gasteiger partial charge in [-0.1, -0.05) is 12.8 Å². The van der Waals surface area contributed by atoms with Gasteiger partial charge in [-0.15, -0.1) is 0 Å². The lowest BCUT2D eigenvalue weighted by atomic mass is 9.83. The molecule has 2 aliphatic rings. The number of ether oxygens (including phenoxy) is 2. The predicted octanol–water partition coefficient (Wildman–Crippen LogP) is 2.67. The molecule has 0 aromatic heterocycles. The van der Waals surface area contributed by atoms with Gasteiger partial charge in [-0.3, -0.25) is 0 Å². The van der Waals surface area contributed by atoms with Crippen molar-refractivity contribution in [2.45, 2.75) is 44.6 Å². The maximum Gasteiger partial charge on any atom is 0.0575 e. The standard InChI is InChI=1S/C12H22O2S/c15-10-12(5-7-13-8-6-12)9-14-11-3-1-2-4-11/h11,15H,1-10H2. The topological polar surface area (TPSA) is 18.5 Å². The van der Waals surface area contributed by atoms with Gasteiger partial charge in [-0.25, -0.2) is 0 Å². The second kappa shape index (κ2) is 5.55. The SMILES string of the molecule is SCC1(COC2CCCC2)CCOCC1. The largest absolute Gasteiger partial charge is 0.381 e. The molecular weight excluding hydrogens is 208 g/mol. The minimum Gasteiger partial charge on any atom is -0.381 e. The molecular formula is C12H22O2S. The highest BCUT2D eigenvalue weighted by Crippen LogP contribution is 2.33. The Balaban J connectivity index is 1.78. The Bertz CT molecular complexity index is 184. The van der Waals surface area contributed by atoms with Gasteiger partial charge in [0.2, 0.25) is 0 Å². The van der Waals surface area contributed by atoms with Gasteiger partial charge in [0.15, 0.2) is 0 Å². The van der Waals surface area contributed by atoms with Crippen LogP contribution in [0, 0.1) is 5.41 Å². The maximum absolute atomic E-state index is 6.03. The molecule has 1 aliphatic carbocycles. The van der Waals surface area contributed by atoms with Gasteiger partial charge in [-0.2, -0.15) is 12.6 Å². The van der Waals surface area contributed by atoms with Crippen molar-refractivity contribution in [2.75, 3.05) is 25.6 Å². The van der Waals surface area contributed by atoms with Crippen LogP contribution in [-0.4, -0.2) is 31.7 Å². The fourth-order valence-electron chi connectivity index (χ4n) is 2.50. The van der Waals surface area contributed by atoms with Crippen LogP contribution >= 0.6 is 12.6 Å². The molecule has 0 amide bonds. The summed E-state index contributed by atoms with van der Waals surface area (Å²) in [4.78, 5) is 0. The number of rotatable bonds is 4. The number of thiol groups is 1. The van der Waals surface area contributed by atoms with Crippen LogP contribution in [0.5, 0.6) is 0 Å². The molecule has 2 nitrogen and oxygen atoms in total. The smallest absolute Gasteiger partial charge is 0.0575 e. The summed E-state index contributed by atoms with van der Waals surface area (Å²) in [6, 6.07) is 0. The molecule has 0 N–H and O–H groups in total. The molecule has 0 atom stereocenters. The third kappa shape index (κ3) is 3.11. The summed E-state index contributed by atoms with van der Waals surface area (Å²) in [5, 5.41) is 0. The molecule has 0 radical (unpaired) electrons. The van der Waals surface area contributed by atoms with Gasteiger partial charge in [0.05, 0.1) is 12.7 Å². The first-order valence-electron chi connectivity index (χ1n) is 6.15. The molecule has 1 aliphatic heterocycles. The van der Waals surface area contributed by atoms with E-state index in [9.17, 15) is 0 Å². The lowest BCUT2D eigenvalue weighted by molar-refractivity contribution is -0.0502. The van der Waals surface area contributed by atoms with Crippen LogP contribution in [0.3, 0.4) is 0 Å². The molecule has 0 spiro atoms. The average molecular weight is 230 g/mol. The molecule has 0 bridgehead atoms. The normalized spacial score (nSPS) is 27.0. The summed E-state index contributed by atoms with van der Waals surface area (Å²) < 4.78 is 11.4. The average Bonchev–Trinajstić information content (AvgIpc) is 2.81. The van der Waals surface area contributed by atoms with Gasteiger partial charge in [0.25, 0.3) is 0 Å². The van der Waals surface area contributed by atoms with Crippen LogP contribution in [0.25, 0.3) is 0 Å². The quantitative estimate of drug-likeness (QED) is 0.749. The minimum absolute atomic E-state index is 0.296. The lowest BCUT2D eigenvalue weighted by Gasteiger charge is -2.36. The predicted molar refractivity (Wildman–Crippen MR) is 64.5 cm³/mol. The van der Waals surface area contributed by atoms with Gasteiger partial charge in [-0.05, 0) is 31.4 Å². The number of hydrogen-bond donors (Lipinski definition) is 1. The Morgan fingerprint density at radius 2 is 1.87 bits per heavy atom. The van der Waals surface area contributed by atoms with Gasteiger partial charge in [0, 0.05) is 18.6 Å². The highest BCUT2D eigenvalue weighted by Gasteiger charge is 2.32. The highest BCUT2D eigenvalue weighted by molar-refractivity contribution is 7.80. The summed E-state index contributed by atoms with van der Waals surface area (Å²) in [7, 11) is 0. The summed E-state index contributed by atoms with van der Waals surface area (Å²) in [5.41, 5.74) is 0.296. The van der Waals surface area contributed by atoms with Crippen molar-refractivity contribution in [3.05, 3.63) is 0 Å². The molecule has 0 unspecified atom stereocenters. The van der Waals surface area contributed by atoms with E-state index in [0.29, 0.717) is 11.5 Å². The molecule has 1 heterocycles. The van der Waals surface area contributed by atoms with E-state index in [0.717, 1.165) is 38.4 Å². The monoisotopic (exact) mass is 230 g/mol. The zero-order valence-corrected chi connectivity index (χ0v) is 10.3. The highest BCUT2D eigenvalue weighted by atomic mass is 32.1. The van der Waals surface area contributed by atoms with E-state index in [1.165, 1.54) is 25.7 Å². The first-order chi connectivity index (χ1) is 7.35. The zero-order chi connectivity index (χ0) is 10.6. The first kappa shape index (κ1) is 11.7. The molecule has 15 heavy (non-hydrogen) atoms. The van der Waals surface area contributed by atoms with E-state index in [1.54, 1.807) is 0 Å². The van der Waals surface area contributed by atoms with Crippen molar-refractivity contribution < 1.29 is 9.47 Å². The molecule has 0 aromatic carbocycles. The van der Waals surface area contributed by atoms with Crippen molar-refractivity contribution >= 4 is 12.6 Å². The van der Waals surface area contributed by atoms with E-state index in [2.05, 4.69) is 12.6 Å². The van der Waals surface area contributed by atoms with Crippen LogP contribution < -0.4 is 0 Å². The van der Waals surface area contributed by atoms with Crippen LogP contribution in [0.4, 0.5) is 0 Å². The molecule has 1 saturated heterocycles. The Morgan fingerprint density at radius 1 is 1.20 bits per heavy atom. The number of hydrogen-bond acceptors (Lipinski definition) is 3. The van der Waals surface area contributed by atoms with Crippen molar-refractivity contribution in [2.24, 2.45) is 5.41 Å². The molecule has 2 fully saturated rings. The Hall–Kier alpha value is 0.270. The second-order valence-corrected chi connectivity index (χ2v) is 5.30.